The first kappa shape index (κ1) is 19.5. The molecule has 150 valence electrons. The van der Waals surface area contributed by atoms with Crippen LogP contribution in [-0.4, -0.2) is 31.9 Å². The van der Waals surface area contributed by atoms with Crippen LogP contribution in [-0.2, 0) is 11.9 Å². The summed E-state index contributed by atoms with van der Waals surface area (Å²) in [7, 11) is 1.57. The summed E-state index contributed by atoms with van der Waals surface area (Å²) in [5.74, 6) is 1.49. The number of thioether (sulfide) groups is 1. The van der Waals surface area contributed by atoms with Crippen LogP contribution < -0.4 is 4.74 Å². The van der Waals surface area contributed by atoms with E-state index in [1.165, 1.54) is 4.40 Å². The Labute approximate surface area is 170 Å². The van der Waals surface area contributed by atoms with Gasteiger partial charge < -0.3 is 9.15 Å². The number of fused-ring (bicyclic) bond motifs is 1. The number of methoxy groups -OCH3 is 1. The maximum Gasteiger partial charge on any atom is 0.417 e. The van der Waals surface area contributed by atoms with E-state index in [0.717, 1.165) is 24.0 Å². The Hall–Kier alpha value is -2.79. The summed E-state index contributed by atoms with van der Waals surface area (Å²) in [6.45, 7) is 0. The number of rotatable bonds is 5. The zero-order valence-corrected chi connectivity index (χ0v) is 16.2. The smallest absolute Gasteiger partial charge is 0.417 e. The Morgan fingerprint density at radius 1 is 1.14 bits per heavy atom. The summed E-state index contributed by atoms with van der Waals surface area (Å²) in [4.78, 5) is 0. The lowest BCUT2D eigenvalue weighted by Gasteiger charge is -2.08. The van der Waals surface area contributed by atoms with E-state index in [0.29, 0.717) is 17.2 Å². The molecule has 0 fully saturated rings. The summed E-state index contributed by atoms with van der Waals surface area (Å²) in [5, 5.41) is 15.8. The van der Waals surface area contributed by atoms with Crippen molar-refractivity contribution in [3.63, 3.8) is 0 Å². The van der Waals surface area contributed by atoms with Gasteiger partial charge in [0.05, 0.1) is 23.4 Å². The van der Waals surface area contributed by atoms with Gasteiger partial charge in [-0.05, 0) is 30.3 Å². The summed E-state index contributed by atoms with van der Waals surface area (Å²) in [5.41, 5.74) is -0.0491. The first-order valence-corrected chi connectivity index (χ1v) is 9.42. The Balaban J connectivity index is 1.54. The molecule has 0 unspecified atom stereocenters. The molecular weight excluding hydrogens is 431 g/mol. The molecule has 0 aliphatic carbocycles. The molecule has 0 atom stereocenters. The molecule has 0 bridgehead atoms. The Kier molecular flexibility index (Phi) is 5.09. The molecule has 0 saturated heterocycles. The van der Waals surface area contributed by atoms with Crippen LogP contribution in [0.15, 0.2) is 46.1 Å². The van der Waals surface area contributed by atoms with Gasteiger partial charge in [0.25, 0.3) is 0 Å². The maximum atomic E-state index is 13.0. The molecule has 7 nitrogen and oxygen atoms in total. The van der Waals surface area contributed by atoms with Crippen molar-refractivity contribution in [3.8, 4) is 17.2 Å². The fourth-order valence-electron chi connectivity index (χ4n) is 2.48. The van der Waals surface area contributed by atoms with E-state index in [2.05, 4.69) is 20.4 Å². The molecule has 0 amide bonds. The second kappa shape index (κ2) is 7.56. The summed E-state index contributed by atoms with van der Waals surface area (Å²) in [6, 6.07) is 7.89. The third-order valence-corrected chi connectivity index (χ3v) is 5.09. The predicted molar refractivity (Wildman–Crippen MR) is 98.8 cm³/mol. The molecule has 0 aliphatic rings. The van der Waals surface area contributed by atoms with Crippen LogP contribution in [0.4, 0.5) is 13.2 Å². The van der Waals surface area contributed by atoms with Gasteiger partial charge in [0, 0.05) is 11.8 Å². The molecular formula is C17H11ClF3N5O2S. The minimum absolute atomic E-state index is 0.131. The SMILES string of the molecule is COc1ccc(-c2nnc(CSc3nnc4c(Cl)cc(C(F)(F)F)cn34)o2)cc1. The summed E-state index contributed by atoms with van der Waals surface area (Å²) >= 11 is 7.01. The predicted octanol–water partition coefficient (Wildman–Crippen LogP) is 4.75. The van der Waals surface area contributed by atoms with Crippen LogP contribution in [0, 0.1) is 0 Å². The molecule has 0 aliphatic heterocycles. The van der Waals surface area contributed by atoms with Gasteiger partial charge in [-0.25, -0.2) is 0 Å². The highest BCUT2D eigenvalue weighted by Crippen LogP contribution is 2.33. The van der Waals surface area contributed by atoms with E-state index in [1.54, 1.807) is 31.4 Å². The zero-order chi connectivity index (χ0) is 20.6. The lowest BCUT2D eigenvalue weighted by molar-refractivity contribution is -0.137. The minimum atomic E-state index is -4.54. The molecule has 1 aromatic carbocycles. The highest BCUT2D eigenvalue weighted by molar-refractivity contribution is 7.98. The number of hydrogen-bond donors (Lipinski definition) is 0. The minimum Gasteiger partial charge on any atom is -0.497 e. The quantitative estimate of drug-likeness (QED) is 0.413. The molecule has 3 aromatic heterocycles. The normalized spacial score (nSPS) is 11.9. The van der Waals surface area contributed by atoms with Crippen molar-refractivity contribution in [2.45, 2.75) is 17.1 Å². The second-order valence-corrected chi connectivity index (χ2v) is 7.12. The molecule has 0 saturated carbocycles. The maximum absolute atomic E-state index is 13.0. The zero-order valence-electron chi connectivity index (χ0n) is 14.6. The molecule has 3 heterocycles. The van der Waals surface area contributed by atoms with E-state index in [1.807, 2.05) is 0 Å². The number of alkyl halides is 3. The molecule has 4 aromatic rings. The number of hydrogen-bond acceptors (Lipinski definition) is 7. The van der Waals surface area contributed by atoms with Crippen molar-refractivity contribution in [2.24, 2.45) is 0 Å². The monoisotopic (exact) mass is 441 g/mol. The van der Waals surface area contributed by atoms with Gasteiger partial charge >= 0.3 is 6.18 Å². The fraction of sp³-hybridized carbons (Fsp3) is 0.176. The van der Waals surface area contributed by atoms with Crippen LogP contribution >= 0.6 is 23.4 Å². The van der Waals surface area contributed by atoms with Crippen molar-refractivity contribution in [1.29, 1.82) is 0 Å². The van der Waals surface area contributed by atoms with E-state index < -0.39 is 11.7 Å². The third-order valence-electron chi connectivity index (χ3n) is 3.88. The molecule has 0 radical (unpaired) electrons. The highest BCUT2D eigenvalue weighted by atomic mass is 35.5. The highest BCUT2D eigenvalue weighted by Gasteiger charge is 2.32. The van der Waals surface area contributed by atoms with Crippen molar-refractivity contribution in [2.75, 3.05) is 7.11 Å². The van der Waals surface area contributed by atoms with Gasteiger partial charge in [-0.2, -0.15) is 13.2 Å². The summed E-state index contributed by atoms with van der Waals surface area (Å²) < 4.78 is 51.0. The largest absolute Gasteiger partial charge is 0.497 e. The van der Waals surface area contributed by atoms with Crippen molar-refractivity contribution in [1.82, 2.24) is 24.8 Å². The number of benzene rings is 1. The lowest BCUT2D eigenvalue weighted by atomic mass is 10.2. The van der Waals surface area contributed by atoms with Gasteiger partial charge in [0.2, 0.25) is 11.8 Å². The van der Waals surface area contributed by atoms with Gasteiger partial charge in [0.15, 0.2) is 10.8 Å². The van der Waals surface area contributed by atoms with Crippen molar-refractivity contribution in [3.05, 3.63) is 53.0 Å². The standard InChI is InChI=1S/C17H11ClF3N5O2S/c1-27-11-4-2-9(3-5-11)15-24-22-13(28-15)8-29-16-25-23-14-12(18)6-10(7-26(14)16)17(19,20)21/h2-7H,8H2,1H3. The van der Waals surface area contributed by atoms with Crippen molar-refractivity contribution < 1.29 is 22.3 Å². The lowest BCUT2D eigenvalue weighted by Crippen LogP contribution is -2.07. The molecule has 0 spiro atoms. The Morgan fingerprint density at radius 2 is 1.90 bits per heavy atom. The van der Waals surface area contributed by atoms with E-state index >= 15 is 0 Å². The topological polar surface area (TPSA) is 78.3 Å². The number of nitrogens with zero attached hydrogens (tertiary/aromatic N) is 5. The van der Waals surface area contributed by atoms with Crippen LogP contribution in [0.5, 0.6) is 5.75 Å². The van der Waals surface area contributed by atoms with E-state index in [9.17, 15) is 13.2 Å². The Bertz CT molecular complexity index is 1160. The Morgan fingerprint density at radius 3 is 2.59 bits per heavy atom. The third kappa shape index (κ3) is 4.01. The van der Waals surface area contributed by atoms with Gasteiger partial charge in [-0.15, -0.1) is 20.4 Å². The number of aromatic nitrogens is 5. The van der Waals surface area contributed by atoms with E-state index in [-0.39, 0.29) is 27.5 Å². The molecule has 29 heavy (non-hydrogen) atoms. The van der Waals surface area contributed by atoms with Crippen molar-refractivity contribution >= 4 is 29.0 Å². The first-order valence-electron chi connectivity index (χ1n) is 8.06. The summed E-state index contributed by atoms with van der Waals surface area (Å²) in [6.07, 6.45) is -3.63. The van der Waals surface area contributed by atoms with Crippen LogP contribution in [0.3, 0.4) is 0 Å². The van der Waals surface area contributed by atoms with Crippen LogP contribution in [0.25, 0.3) is 17.1 Å². The fourth-order valence-corrected chi connectivity index (χ4v) is 3.47. The van der Waals surface area contributed by atoms with Gasteiger partial charge in [-0.3, -0.25) is 4.40 Å². The number of halogens is 4. The molecule has 4 rings (SSSR count). The average Bonchev–Trinajstić information content (AvgIpc) is 3.33. The first-order chi connectivity index (χ1) is 13.8. The van der Waals surface area contributed by atoms with E-state index in [4.69, 9.17) is 20.8 Å². The van der Waals surface area contributed by atoms with Gasteiger partial charge in [0.1, 0.15) is 5.75 Å². The molecule has 12 heteroatoms. The number of ether oxygens (including phenoxy) is 1. The molecule has 0 N–H and O–H groups in total. The number of pyridine rings is 1. The van der Waals surface area contributed by atoms with Crippen LogP contribution in [0.2, 0.25) is 5.02 Å². The second-order valence-electron chi connectivity index (χ2n) is 5.77. The average molecular weight is 442 g/mol. The van der Waals surface area contributed by atoms with Gasteiger partial charge in [-0.1, -0.05) is 23.4 Å². The van der Waals surface area contributed by atoms with Crippen LogP contribution in [0.1, 0.15) is 11.5 Å².